The fourth-order valence-electron chi connectivity index (χ4n) is 1.21. The Morgan fingerprint density at radius 3 is 3.00 bits per heavy atom. The number of hydrogen-bond donors (Lipinski definition) is 1. The van der Waals surface area contributed by atoms with Crippen LogP contribution in [0.3, 0.4) is 0 Å². The van der Waals surface area contributed by atoms with Gasteiger partial charge >= 0.3 is 0 Å². The summed E-state index contributed by atoms with van der Waals surface area (Å²) in [7, 11) is 0. The van der Waals surface area contributed by atoms with Gasteiger partial charge in [-0.15, -0.1) is 0 Å². The topological polar surface area (TPSA) is 51.2 Å². The SMILES string of the molecule is CCNCc1coc(-c2ccoc2Cl)n1. The summed E-state index contributed by atoms with van der Waals surface area (Å²) in [5, 5.41) is 3.46. The number of rotatable bonds is 4. The Bertz CT molecular complexity index is 436. The van der Waals surface area contributed by atoms with Crippen molar-refractivity contribution in [3.05, 3.63) is 29.5 Å². The molecular formula is C10H11ClN2O2. The first-order valence-corrected chi connectivity index (χ1v) is 5.07. The summed E-state index contributed by atoms with van der Waals surface area (Å²) in [6.07, 6.45) is 3.12. The molecule has 0 spiro atoms. The van der Waals surface area contributed by atoms with E-state index in [4.69, 9.17) is 20.4 Å². The van der Waals surface area contributed by atoms with E-state index in [0.29, 0.717) is 23.2 Å². The number of aromatic nitrogens is 1. The molecule has 0 aromatic carbocycles. The van der Waals surface area contributed by atoms with Gasteiger partial charge in [-0.25, -0.2) is 4.98 Å². The number of nitrogens with one attached hydrogen (secondary N) is 1. The summed E-state index contributed by atoms with van der Waals surface area (Å²) < 4.78 is 10.3. The molecule has 2 aromatic rings. The lowest BCUT2D eigenvalue weighted by Crippen LogP contribution is -2.11. The van der Waals surface area contributed by atoms with E-state index in [1.165, 1.54) is 6.26 Å². The standard InChI is InChI=1S/C10H11ClN2O2/c1-2-12-5-7-6-15-10(13-7)8-3-4-14-9(8)11/h3-4,6,12H,2,5H2,1H3. The second-order valence-electron chi connectivity index (χ2n) is 3.03. The first-order chi connectivity index (χ1) is 7.31. The Hall–Kier alpha value is -1.26. The lowest BCUT2D eigenvalue weighted by atomic mass is 10.3. The molecule has 0 aliphatic carbocycles. The number of oxazole rings is 1. The first-order valence-electron chi connectivity index (χ1n) is 4.69. The average Bonchev–Trinajstić information content (AvgIpc) is 2.83. The van der Waals surface area contributed by atoms with Crippen LogP contribution in [0.2, 0.25) is 5.22 Å². The van der Waals surface area contributed by atoms with Crippen LogP contribution in [0.5, 0.6) is 0 Å². The zero-order chi connectivity index (χ0) is 10.7. The highest BCUT2D eigenvalue weighted by molar-refractivity contribution is 6.31. The van der Waals surface area contributed by atoms with Crippen molar-refractivity contribution >= 4 is 11.6 Å². The summed E-state index contributed by atoms with van der Waals surface area (Å²) in [4.78, 5) is 4.28. The Morgan fingerprint density at radius 2 is 2.33 bits per heavy atom. The van der Waals surface area contributed by atoms with Gasteiger partial charge in [0.05, 0.1) is 17.5 Å². The molecular weight excluding hydrogens is 216 g/mol. The van der Waals surface area contributed by atoms with Crippen molar-refractivity contribution < 1.29 is 8.83 Å². The Labute approximate surface area is 92.2 Å². The van der Waals surface area contributed by atoms with E-state index in [1.807, 2.05) is 6.92 Å². The van der Waals surface area contributed by atoms with E-state index in [0.717, 1.165) is 12.2 Å². The van der Waals surface area contributed by atoms with E-state index in [2.05, 4.69) is 10.3 Å². The fourth-order valence-corrected chi connectivity index (χ4v) is 1.41. The summed E-state index contributed by atoms with van der Waals surface area (Å²) in [6, 6.07) is 1.73. The van der Waals surface area contributed by atoms with Gasteiger partial charge in [-0.3, -0.25) is 0 Å². The van der Waals surface area contributed by atoms with Crippen LogP contribution in [0.4, 0.5) is 0 Å². The quantitative estimate of drug-likeness (QED) is 0.871. The molecule has 0 aliphatic heterocycles. The molecule has 0 saturated carbocycles. The molecule has 0 saturated heterocycles. The van der Waals surface area contributed by atoms with Gasteiger partial charge in [0.2, 0.25) is 11.1 Å². The normalized spacial score (nSPS) is 10.8. The van der Waals surface area contributed by atoms with Crippen LogP contribution < -0.4 is 5.32 Å². The highest BCUT2D eigenvalue weighted by atomic mass is 35.5. The average molecular weight is 227 g/mol. The maximum Gasteiger partial charge on any atom is 0.231 e. The Kier molecular flexibility index (Phi) is 3.08. The highest BCUT2D eigenvalue weighted by Crippen LogP contribution is 2.27. The van der Waals surface area contributed by atoms with Crippen molar-refractivity contribution in [1.29, 1.82) is 0 Å². The largest absolute Gasteiger partial charge is 0.452 e. The zero-order valence-corrected chi connectivity index (χ0v) is 9.04. The van der Waals surface area contributed by atoms with Gasteiger partial charge in [0, 0.05) is 6.54 Å². The van der Waals surface area contributed by atoms with E-state index in [-0.39, 0.29) is 0 Å². The monoisotopic (exact) mass is 226 g/mol. The third kappa shape index (κ3) is 2.22. The minimum atomic E-state index is 0.298. The van der Waals surface area contributed by atoms with Gasteiger partial charge in [-0.05, 0) is 24.2 Å². The number of furan rings is 1. The van der Waals surface area contributed by atoms with Crippen LogP contribution in [0.1, 0.15) is 12.6 Å². The predicted octanol–water partition coefficient (Wildman–Crippen LogP) is 2.70. The van der Waals surface area contributed by atoms with Crippen LogP contribution >= 0.6 is 11.6 Å². The maximum absolute atomic E-state index is 5.81. The number of halogens is 1. The Balaban J connectivity index is 2.17. The molecule has 0 unspecified atom stereocenters. The molecule has 0 amide bonds. The lowest BCUT2D eigenvalue weighted by Gasteiger charge is -1.93. The van der Waals surface area contributed by atoms with Gasteiger partial charge in [0.1, 0.15) is 6.26 Å². The first kappa shape index (κ1) is 10.3. The summed E-state index contributed by atoms with van der Waals surface area (Å²) >= 11 is 5.81. The smallest absolute Gasteiger partial charge is 0.231 e. The zero-order valence-electron chi connectivity index (χ0n) is 8.29. The number of nitrogens with zero attached hydrogens (tertiary/aromatic N) is 1. The second kappa shape index (κ2) is 4.51. The van der Waals surface area contributed by atoms with Crippen LogP contribution in [0.15, 0.2) is 27.4 Å². The van der Waals surface area contributed by atoms with Crippen molar-refractivity contribution in [2.75, 3.05) is 6.54 Å². The van der Waals surface area contributed by atoms with E-state index in [1.54, 1.807) is 12.3 Å². The second-order valence-corrected chi connectivity index (χ2v) is 3.38. The van der Waals surface area contributed by atoms with Crippen molar-refractivity contribution in [3.8, 4) is 11.5 Å². The van der Waals surface area contributed by atoms with Crippen LogP contribution in [-0.2, 0) is 6.54 Å². The van der Waals surface area contributed by atoms with Crippen LogP contribution in [-0.4, -0.2) is 11.5 Å². The molecule has 1 N–H and O–H groups in total. The third-order valence-electron chi connectivity index (χ3n) is 1.96. The summed E-state index contributed by atoms with van der Waals surface area (Å²) in [5.74, 6) is 0.488. The van der Waals surface area contributed by atoms with E-state index < -0.39 is 0 Å². The number of hydrogen-bond acceptors (Lipinski definition) is 4. The van der Waals surface area contributed by atoms with Crippen LogP contribution in [0, 0.1) is 0 Å². The lowest BCUT2D eigenvalue weighted by molar-refractivity contribution is 0.557. The van der Waals surface area contributed by atoms with Crippen molar-refractivity contribution in [3.63, 3.8) is 0 Å². The summed E-state index contributed by atoms with van der Waals surface area (Å²) in [5.41, 5.74) is 1.53. The van der Waals surface area contributed by atoms with Gasteiger partial charge in [-0.2, -0.15) is 0 Å². The van der Waals surface area contributed by atoms with Crippen molar-refractivity contribution in [1.82, 2.24) is 10.3 Å². The molecule has 2 rings (SSSR count). The highest BCUT2D eigenvalue weighted by Gasteiger charge is 2.12. The van der Waals surface area contributed by atoms with Gasteiger partial charge in [-0.1, -0.05) is 6.92 Å². The fraction of sp³-hybridized carbons (Fsp3) is 0.300. The van der Waals surface area contributed by atoms with Crippen molar-refractivity contribution in [2.24, 2.45) is 0 Å². The molecule has 15 heavy (non-hydrogen) atoms. The molecule has 0 bridgehead atoms. The van der Waals surface area contributed by atoms with E-state index in [9.17, 15) is 0 Å². The molecule has 0 aliphatic rings. The molecule has 0 radical (unpaired) electrons. The van der Waals surface area contributed by atoms with E-state index >= 15 is 0 Å². The molecule has 4 nitrogen and oxygen atoms in total. The molecule has 5 heteroatoms. The molecule has 2 aromatic heterocycles. The van der Waals surface area contributed by atoms with Crippen molar-refractivity contribution in [2.45, 2.75) is 13.5 Å². The minimum Gasteiger partial charge on any atom is -0.452 e. The molecule has 0 atom stereocenters. The molecule has 2 heterocycles. The van der Waals surface area contributed by atoms with Gasteiger partial charge in [0.25, 0.3) is 0 Å². The summed E-state index contributed by atoms with van der Waals surface area (Å²) in [6.45, 7) is 3.62. The Morgan fingerprint density at radius 1 is 1.47 bits per heavy atom. The third-order valence-corrected chi connectivity index (χ3v) is 2.25. The maximum atomic E-state index is 5.81. The molecule has 80 valence electrons. The predicted molar refractivity (Wildman–Crippen MR) is 56.6 cm³/mol. The minimum absolute atomic E-state index is 0.298. The molecule has 0 fully saturated rings. The van der Waals surface area contributed by atoms with Gasteiger partial charge < -0.3 is 14.2 Å². The van der Waals surface area contributed by atoms with Gasteiger partial charge in [0.15, 0.2) is 0 Å². The van der Waals surface area contributed by atoms with Crippen LogP contribution in [0.25, 0.3) is 11.5 Å².